The Morgan fingerprint density at radius 2 is 0.836 bits per heavy atom. The number of rotatable bonds is 42. The molecule has 2 amide bonds. The Morgan fingerprint density at radius 3 is 1.13 bits per heavy atom. The smallest absolute Gasteiger partial charge is 0.328 e. The molecule has 0 fully saturated rings. The van der Waals surface area contributed by atoms with Crippen LogP contribution in [0.5, 0.6) is 0 Å². The molecular weight excluding hydrogens is 689 g/mol. The Balaban J connectivity index is 4.43. The second-order valence-corrected chi connectivity index (χ2v) is 16.3. The van der Waals surface area contributed by atoms with Crippen molar-refractivity contribution in [2.24, 2.45) is 22.2 Å². The molecular formula is C45H90N6O4. The van der Waals surface area contributed by atoms with Gasteiger partial charge in [0, 0.05) is 13.1 Å². The number of hydrogen-bond donors (Lipinski definition) is 5. The van der Waals surface area contributed by atoms with Gasteiger partial charge in [0.15, 0.2) is 12.0 Å². The van der Waals surface area contributed by atoms with E-state index in [1.807, 2.05) is 4.90 Å². The molecule has 0 aromatic heterocycles. The fourth-order valence-electron chi connectivity index (χ4n) is 7.36. The number of nitrogens with zero attached hydrogens (tertiary/aromatic N) is 2. The van der Waals surface area contributed by atoms with Crippen molar-refractivity contribution in [2.45, 2.75) is 244 Å². The van der Waals surface area contributed by atoms with Crippen LogP contribution in [0.25, 0.3) is 0 Å². The van der Waals surface area contributed by atoms with Crippen molar-refractivity contribution in [3.8, 4) is 0 Å². The van der Waals surface area contributed by atoms with Crippen molar-refractivity contribution >= 4 is 23.7 Å². The summed E-state index contributed by atoms with van der Waals surface area (Å²) in [4.78, 5) is 43.0. The Bertz CT molecular complexity index is 893. The number of aliphatic imine (C=N–C) groups is 1. The van der Waals surface area contributed by atoms with Gasteiger partial charge in [-0.3, -0.25) is 9.59 Å². The summed E-state index contributed by atoms with van der Waals surface area (Å²) in [6.45, 7) is 5.85. The van der Waals surface area contributed by atoms with Crippen LogP contribution in [0.1, 0.15) is 232 Å². The van der Waals surface area contributed by atoms with E-state index in [9.17, 15) is 19.5 Å². The van der Waals surface area contributed by atoms with Crippen LogP contribution in [0, 0.1) is 0 Å². The highest BCUT2D eigenvalue weighted by atomic mass is 16.4. The van der Waals surface area contributed by atoms with Gasteiger partial charge in [-0.1, -0.05) is 206 Å². The number of amides is 2. The van der Waals surface area contributed by atoms with Crippen LogP contribution in [0.4, 0.5) is 0 Å². The number of unbranched alkanes of at least 4 members (excludes halogenated alkanes) is 30. The fourth-order valence-corrected chi connectivity index (χ4v) is 7.36. The first-order chi connectivity index (χ1) is 26.7. The van der Waals surface area contributed by atoms with Gasteiger partial charge in [0.25, 0.3) is 0 Å². The molecule has 0 aliphatic rings. The van der Waals surface area contributed by atoms with Gasteiger partial charge in [-0.2, -0.15) is 0 Å². The summed E-state index contributed by atoms with van der Waals surface area (Å²) in [6.07, 6.45) is 42.0. The van der Waals surface area contributed by atoms with Crippen LogP contribution >= 0.6 is 0 Å². The van der Waals surface area contributed by atoms with Crippen molar-refractivity contribution in [1.82, 2.24) is 10.2 Å². The maximum absolute atomic E-state index is 13.3. The first-order valence-corrected chi connectivity index (χ1v) is 23.3. The van der Waals surface area contributed by atoms with E-state index in [0.29, 0.717) is 13.1 Å². The molecule has 0 heterocycles. The maximum Gasteiger partial charge on any atom is 0.328 e. The number of nitrogens with one attached hydrogen (secondary N) is 1. The molecule has 0 radical (unpaired) electrons. The molecule has 2 unspecified atom stereocenters. The number of guanidine groups is 1. The van der Waals surface area contributed by atoms with Crippen molar-refractivity contribution in [3.05, 3.63) is 0 Å². The highest BCUT2D eigenvalue weighted by Crippen LogP contribution is 2.16. The zero-order valence-corrected chi connectivity index (χ0v) is 36.1. The number of carboxylic acid groups (broad SMARTS) is 1. The molecule has 0 aromatic carbocycles. The highest BCUT2D eigenvalue weighted by Gasteiger charge is 2.22. The van der Waals surface area contributed by atoms with Gasteiger partial charge in [-0.05, 0) is 25.7 Å². The summed E-state index contributed by atoms with van der Waals surface area (Å²) in [7, 11) is 0. The number of aliphatic carboxylic acids is 1. The minimum absolute atomic E-state index is 0.0143. The number of carbonyl (C=O) groups is 3. The van der Waals surface area contributed by atoms with Gasteiger partial charge in [-0.15, -0.1) is 0 Å². The topological polar surface area (TPSA) is 177 Å². The van der Waals surface area contributed by atoms with Gasteiger partial charge in [0.1, 0.15) is 0 Å². The predicted octanol–water partition coefficient (Wildman–Crippen LogP) is 10.3. The van der Waals surface area contributed by atoms with Gasteiger partial charge in [0.05, 0.1) is 12.6 Å². The molecule has 2 atom stereocenters. The second kappa shape index (κ2) is 39.9. The molecule has 324 valence electrons. The first kappa shape index (κ1) is 52.6. The number of nitrogens with two attached hydrogens (primary N) is 3. The molecule has 8 N–H and O–H groups in total. The van der Waals surface area contributed by atoms with Crippen LogP contribution in [-0.4, -0.2) is 65.5 Å². The van der Waals surface area contributed by atoms with E-state index in [4.69, 9.17) is 17.2 Å². The SMILES string of the molecule is CCCCCCCCCCCCCCCCCCN(CCCCCCCCCCCCCCCCCC)C(=O)CNC(=O)C(N)CCC(N=C(N)N)C(=O)O. The number of carbonyl (C=O) groups excluding carboxylic acids is 2. The molecule has 55 heavy (non-hydrogen) atoms. The normalized spacial score (nSPS) is 12.3. The largest absolute Gasteiger partial charge is 0.480 e. The average molecular weight is 779 g/mol. The molecule has 10 nitrogen and oxygen atoms in total. The number of carboxylic acids is 1. The third-order valence-corrected chi connectivity index (χ3v) is 11.0. The van der Waals surface area contributed by atoms with E-state index in [2.05, 4.69) is 24.2 Å². The van der Waals surface area contributed by atoms with E-state index in [1.54, 1.807) is 0 Å². The lowest BCUT2D eigenvalue weighted by Gasteiger charge is -2.23. The maximum atomic E-state index is 13.3. The molecule has 0 saturated carbocycles. The second-order valence-electron chi connectivity index (χ2n) is 16.3. The van der Waals surface area contributed by atoms with Crippen molar-refractivity contribution in [3.63, 3.8) is 0 Å². The Labute approximate surface area is 338 Å². The molecule has 0 aliphatic heterocycles. The lowest BCUT2D eigenvalue weighted by atomic mass is 10.0. The Morgan fingerprint density at radius 1 is 0.527 bits per heavy atom. The van der Waals surface area contributed by atoms with E-state index in [1.165, 1.54) is 180 Å². The lowest BCUT2D eigenvalue weighted by Crippen LogP contribution is -2.46. The fraction of sp³-hybridized carbons (Fsp3) is 0.911. The van der Waals surface area contributed by atoms with E-state index in [0.717, 1.165) is 25.7 Å². The van der Waals surface area contributed by atoms with Crippen LogP contribution < -0.4 is 22.5 Å². The van der Waals surface area contributed by atoms with E-state index < -0.39 is 24.0 Å². The monoisotopic (exact) mass is 779 g/mol. The molecule has 0 saturated heterocycles. The van der Waals surface area contributed by atoms with Crippen molar-refractivity contribution < 1.29 is 19.5 Å². The van der Waals surface area contributed by atoms with Gasteiger partial charge < -0.3 is 32.5 Å². The molecule has 10 heteroatoms. The van der Waals surface area contributed by atoms with Gasteiger partial charge in [0.2, 0.25) is 11.8 Å². The molecule has 0 aliphatic carbocycles. The predicted molar refractivity (Wildman–Crippen MR) is 233 cm³/mol. The molecule has 0 rings (SSSR count). The van der Waals surface area contributed by atoms with Crippen LogP contribution in [0.3, 0.4) is 0 Å². The summed E-state index contributed by atoms with van der Waals surface area (Å²) in [5, 5.41) is 12.0. The minimum atomic E-state index is -1.19. The molecule has 0 spiro atoms. The van der Waals surface area contributed by atoms with Gasteiger partial charge >= 0.3 is 5.97 Å². The summed E-state index contributed by atoms with van der Waals surface area (Å²) >= 11 is 0. The van der Waals surface area contributed by atoms with E-state index >= 15 is 0 Å². The van der Waals surface area contributed by atoms with Crippen molar-refractivity contribution in [2.75, 3.05) is 19.6 Å². The summed E-state index contributed by atoms with van der Waals surface area (Å²) in [5.41, 5.74) is 16.7. The average Bonchev–Trinajstić information content (AvgIpc) is 3.16. The zero-order valence-electron chi connectivity index (χ0n) is 36.1. The highest BCUT2D eigenvalue weighted by molar-refractivity contribution is 5.87. The zero-order chi connectivity index (χ0) is 40.6. The first-order valence-electron chi connectivity index (χ1n) is 23.3. The van der Waals surface area contributed by atoms with Crippen molar-refractivity contribution in [1.29, 1.82) is 0 Å². The quantitative estimate of drug-likeness (QED) is 0.0233. The third kappa shape index (κ3) is 35.8. The summed E-state index contributed by atoms with van der Waals surface area (Å²) in [5.74, 6) is -2.09. The molecule has 0 bridgehead atoms. The van der Waals surface area contributed by atoms with Crippen LogP contribution in [-0.2, 0) is 14.4 Å². The Kier molecular flexibility index (Phi) is 38.1. The Hall–Kier alpha value is -2.36. The van der Waals surface area contributed by atoms with Gasteiger partial charge in [-0.25, -0.2) is 9.79 Å². The minimum Gasteiger partial charge on any atom is -0.480 e. The summed E-state index contributed by atoms with van der Waals surface area (Å²) < 4.78 is 0. The van der Waals surface area contributed by atoms with E-state index in [-0.39, 0.29) is 31.3 Å². The third-order valence-electron chi connectivity index (χ3n) is 11.0. The summed E-state index contributed by atoms with van der Waals surface area (Å²) in [6, 6.07) is -2.13. The van der Waals surface area contributed by atoms with Crippen LogP contribution in [0.15, 0.2) is 4.99 Å². The molecule has 0 aromatic rings. The number of hydrogen-bond acceptors (Lipinski definition) is 5. The van der Waals surface area contributed by atoms with Crippen LogP contribution in [0.2, 0.25) is 0 Å². The standard InChI is InChI=1S/C45H90N6O4/c1-3-5-7-9-11-13-15-17-19-21-23-25-27-29-31-33-37-51(38-34-32-30-28-26-24-22-20-18-16-14-12-10-8-6-4-2)42(52)39-49-43(53)40(46)35-36-41(44(54)55)50-45(47)48/h40-41H,3-39,46H2,1-2H3,(H,49,53)(H,54,55)(H4,47,48,50). The lowest BCUT2D eigenvalue weighted by molar-refractivity contribution is -0.138.